The first-order chi connectivity index (χ1) is 15.3. The molecule has 1 fully saturated rings. The van der Waals surface area contributed by atoms with Crippen LogP contribution < -0.4 is 9.50 Å². The van der Waals surface area contributed by atoms with Crippen molar-refractivity contribution in [2.75, 3.05) is 0 Å². The monoisotopic (exact) mass is 484 g/mol. The molecule has 1 amide bonds. The van der Waals surface area contributed by atoms with Crippen LogP contribution in [0.3, 0.4) is 0 Å². The Morgan fingerprint density at radius 1 is 1.03 bits per heavy atom. The number of benzene rings is 3. The van der Waals surface area contributed by atoms with E-state index in [-0.39, 0.29) is 16.6 Å². The van der Waals surface area contributed by atoms with Crippen molar-refractivity contribution < 1.29 is 17.4 Å². The smallest absolute Gasteiger partial charge is 0.339 e. The molecule has 9 heteroatoms. The highest BCUT2D eigenvalue weighted by molar-refractivity contribution is 8.18. The maximum Gasteiger partial charge on any atom is 0.339 e. The van der Waals surface area contributed by atoms with Crippen LogP contribution in [0.5, 0.6) is 5.75 Å². The highest BCUT2D eigenvalue weighted by atomic mass is 35.5. The van der Waals surface area contributed by atoms with Gasteiger partial charge in [-0.2, -0.15) is 8.42 Å². The number of carbonyl (C=O) groups excluding carboxylic acids is 1. The second kappa shape index (κ2) is 9.20. The molecular weight excluding hydrogens is 468 g/mol. The van der Waals surface area contributed by atoms with Gasteiger partial charge in [0.2, 0.25) is 0 Å². The van der Waals surface area contributed by atoms with Crippen molar-refractivity contribution in [2.45, 2.75) is 11.8 Å². The van der Waals surface area contributed by atoms with E-state index < -0.39 is 10.1 Å². The van der Waals surface area contributed by atoms with E-state index in [2.05, 4.69) is 10.3 Å². The van der Waals surface area contributed by atoms with E-state index in [9.17, 15) is 13.2 Å². The Morgan fingerprint density at radius 2 is 1.75 bits per heavy atom. The first kappa shape index (κ1) is 22.1. The maximum absolute atomic E-state index is 12.7. The molecule has 3 aromatic carbocycles. The summed E-state index contributed by atoms with van der Waals surface area (Å²) in [5, 5.41) is 3.49. The van der Waals surface area contributed by atoms with Crippen LogP contribution in [0, 0.1) is 6.92 Å². The first-order valence-corrected chi connectivity index (χ1v) is 12.1. The van der Waals surface area contributed by atoms with Crippen molar-refractivity contribution in [3.63, 3.8) is 0 Å². The Bertz CT molecular complexity index is 1340. The van der Waals surface area contributed by atoms with Crippen LogP contribution in [0.25, 0.3) is 6.08 Å². The summed E-state index contributed by atoms with van der Waals surface area (Å²) >= 11 is 7.26. The topological polar surface area (TPSA) is 84.8 Å². The van der Waals surface area contributed by atoms with E-state index in [0.717, 1.165) is 17.3 Å². The van der Waals surface area contributed by atoms with E-state index in [4.69, 9.17) is 15.8 Å². The normalized spacial score (nSPS) is 16.4. The minimum Gasteiger partial charge on any atom is -0.378 e. The molecular formula is C23H17ClN2O4S2. The number of nitrogens with zero attached hydrogens (tertiary/aromatic N) is 1. The lowest BCUT2D eigenvalue weighted by molar-refractivity contribution is -0.115. The number of hydrogen-bond acceptors (Lipinski definition) is 6. The van der Waals surface area contributed by atoms with Gasteiger partial charge in [-0.1, -0.05) is 47.5 Å². The predicted octanol–water partition coefficient (Wildman–Crippen LogP) is 5.31. The number of halogens is 1. The highest BCUT2D eigenvalue weighted by Gasteiger charge is 2.25. The number of nitrogens with one attached hydrogen (secondary N) is 1. The molecule has 0 atom stereocenters. The van der Waals surface area contributed by atoms with Gasteiger partial charge < -0.3 is 9.50 Å². The van der Waals surface area contributed by atoms with Gasteiger partial charge in [-0.3, -0.25) is 4.79 Å². The van der Waals surface area contributed by atoms with Crippen LogP contribution >= 0.6 is 23.4 Å². The Morgan fingerprint density at radius 3 is 2.47 bits per heavy atom. The lowest BCUT2D eigenvalue weighted by Gasteiger charge is -2.10. The van der Waals surface area contributed by atoms with Crippen molar-refractivity contribution in [2.24, 2.45) is 4.99 Å². The summed E-state index contributed by atoms with van der Waals surface area (Å²) < 4.78 is 30.8. The van der Waals surface area contributed by atoms with Gasteiger partial charge in [-0.15, -0.1) is 0 Å². The third-order valence-corrected chi connectivity index (χ3v) is 6.80. The molecule has 1 aliphatic rings. The zero-order valence-corrected chi connectivity index (χ0v) is 19.2. The first-order valence-electron chi connectivity index (χ1n) is 9.45. The van der Waals surface area contributed by atoms with Crippen LogP contribution in [0.15, 0.2) is 87.6 Å². The molecule has 4 rings (SSSR count). The molecule has 1 N–H and O–H groups in total. The zero-order chi connectivity index (χ0) is 22.7. The van der Waals surface area contributed by atoms with Crippen molar-refractivity contribution >= 4 is 56.3 Å². The van der Waals surface area contributed by atoms with Crippen molar-refractivity contribution in [1.29, 1.82) is 0 Å². The van der Waals surface area contributed by atoms with Gasteiger partial charge in [0.1, 0.15) is 10.6 Å². The number of rotatable bonds is 5. The van der Waals surface area contributed by atoms with Gasteiger partial charge >= 0.3 is 10.1 Å². The molecule has 1 heterocycles. The van der Waals surface area contributed by atoms with Crippen LogP contribution in [-0.2, 0) is 14.9 Å². The Kier molecular flexibility index (Phi) is 6.36. The summed E-state index contributed by atoms with van der Waals surface area (Å²) in [5.74, 6) is -0.290. The number of aliphatic imine (C=N–C) groups is 1. The van der Waals surface area contributed by atoms with Gasteiger partial charge in [0.05, 0.1) is 10.6 Å². The molecule has 0 radical (unpaired) electrons. The summed E-state index contributed by atoms with van der Waals surface area (Å²) in [5.41, 5.74) is 1.98. The number of thioether (sulfide) groups is 1. The zero-order valence-electron chi connectivity index (χ0n) is 16.8. The molecule has 0 unspecified atom stereocenters. The molecule has 0 aromatic heterocycles. The second-order valence-electron chi connectivity index (χ2n) is 6.85. The average Bonchev–Trinajstić information content (AvgIpc) is 3.09. The fourth-order valence-electron chi connectivity index (χ4n) is 2.82. The number of amides is 1. The van der Waals surface area contributed by atoms with E-state index in [1.807, 2.05) is 37.3 Å². The molecule has 1 saturated heterocycles. The van der Waals surface area contributed by atoms with Gasteiger partial charge in [0, 0.05) is 10.6 Å². The average molecular weight is 485 g/mol. The number of hydrogen-bond donors (Lipinski definition) is 1. The van der Waals surface area contributed by atoms with Crippen molar-refractivity contribution in [1.82, 2.24) is 5.32 Å². The van der Waals surface area contributed by atoms with Gasteiger partial charge in [0.15, 0.2) is 5.17 Å². The lowest BCUT2D eigenvalue weighted by Crippen LogP contribution is -2.19. The number of carbonyl (C=O) groups is 1. The van der Waals surface area contributed by atoms with E-state index >= 15 is 0 Å². The summed E-state index contributed by atoms with van der Waals surface area (Å²) in [6.45, 7) is 1.86. The third kappa shape index (κ3) is 5.21. The van der Waals surface area contributed by atoms with Crippen molar-refractivity contribution in [3.05, 3.63) is 93.9 Å². The van der Waals surface area contributed by atoms with Crippen LogP contribution in [0.4, 0.5) is 5.69 Å². The molecule has 1 aliphatic heterocycles. The molecule has 32 heavy (non-hydrogen) atoms. The largest absolute Gasteiger partial charge is 0.378 e. The Hall–Kier alpha value is -3.07. The van der Waals surface area contributed by atoms with E-state index in [0.29, 0.717) is 26.3 Å². The standard InChI is InChI=1S/C23H17ClN2O4S2/c1-15-7-10-19(11-8-15)32(28,29)30-20-12-9-17(24)13-16(20)14-21-22(27)26-23(31-21)25-18-5-3-2-4-6-18/h2-14H,1H3,(H,25,26,27)/b21-14-. The Balaban J connectivity index is 1.64. The number of aryl methyl sites for hydroxylation is 1. The van der Waals surface area contributed by atoms with Crippen LogP contribution in [-0.4, -0.2) is 19.5 Å². The predicted molar refractivity (Wildman–Crippen MR) is 128 cm³/mol. The molecule has 0 saturated carbocycles. The summed E-state index contributed by atoms with van der Waals surface area (Å²) in [4.78, 5) is 17.2. The lowest BCUT2D eigenvalue weighted by atomic mass is 10.2. The van der Waals surface area contributed by atoms with Crippen molar-refractivity contribution in [3.8, 4) is 5.75 Å². The molecule has 0 spiro atoms. The summed E-state index contributed by atoms with van der Waals surface area (Å²) in [7, 11) is -4.07. The SMILES string of the molecule is Cc1ccc(S(=O)(=O)Oc2ccc(Cl)cc2/C=C2\SC(=Nc3ccccc3)NC2=O)cc1. The molecule has 6 nitrogen and oxygen atoms in total. The number of para-hydroxylation sites is 1. The van der Waals surface area contributed by atoms with Gasteiger partial charge in [-0.25, -0.2) is 4.99 Å². The summed E-state index contributed by atoms with van der Waals surface area (Å²) in [6, 6.07) is 20.1. The minimum absolute atomic E-state index is 0.0296. The molecule has 0 bridgehead atoms. The summed E-state index contributed by atoms with van der Waals surface area (Å²) in [6.07, 6.45) is 1.53. The fourth-order valence-corrected chi connectivity index (χ4v) is 4.79. The Labute approximate surface area is 195 Å². The van der Waals surface area contributed by atoms with E-state index in [1.165, 1.54) is 36.4 Å². The molecule has 3 aromatic rings. The minimum atomic E-state index is -4.07. The quantitative estimate of drug-likeness (QED) is 0.392. The highest BCUT2D eigenvalue weighted by Crippen LogP contribution is 2.33. The third-order valence-electron chi connectivity index (χ3n) is 4.41. The maximum atomic E-state index is 12.7. The second-order valence-corrected chi connectivity index (χ2v) is 9.86. The van der Waals surface area contributed by atoms with Crippen LogP contribution in [0.2, 0.25) is 5.02 Å². The van der Waals surface area contributed by atoms with E-state index in [1.54, 1.807) is 12.1 Å². The molecule has 162 valence electrons. The van der Waals surface area contributed by atoms with Gasteiger partial charge in [-0.05, 0) is 67.2 Å². The fraction of sp³-hybridized carbons (Fsp3) is 0.0435. The molecule has 0 aliphatic carbocycles. The van der Waals surface area contributed by atoms with Crippen LogP contribution in [0.1, 0.15) is 11.1 Å². The van der Waals surface area contributed by atoms with Gasteiger partial charge in [0.25, 0.3) is 5.91 Å². The number of amidine groups is 1.